The highest BCUT2D eigenvalue weighted by Gasteiger charge is 2.30. The van der Waals surface area contributed by atoms with Crippen molar-refractivity contribution in [3.05, 3.63) is 47.8 Å². The number of hydrogen-bond donors (Lipinski definition) is 0. The number of carbonyl (C=O) groups is 2. The molecule has 7 nitrogen and oxygen atoms in total. The number of carbonyl (C=O) groups excluding carboxylic acids is 2. The van der Waals surface area contributed by atoms with Gasteiger partial charge in [-0.25, -0.2) is 4.98 Å². The van der Waals surface area contributed by atoms with Crippen molar-refractivity contribution in [3.8, 4) is 11.5 Å². The van der Waals surface area contributed by atoms with Gasteiger partial charge in [-0.2, -0.15) is 0 Å². The summed E-state index contributed by atoms with van der Waals surface area (Å²) in [5, 5.41) is 0. The first kappa shape index (κ1) is 19.1. The van der Waals surface area contributed by atoms with Gasteiger partial charge < -0.3 is 14.1 Å². The Kier molecular flexibility index (Phi) is 5.29. The van der Waals surface area contributed by atoms with Crippen molar-refractivity contribution >= 4 is 23.0 Å². The standard InChI is InChI=1S/C22H23N3O4/c1-3-28-22(27)16-6-5-11-25(13-16)21(26)15-8-9-19-18(12-15)24-20(29-19)17-7-4-10-23-14(17)2/h4,7-10,12,16H,3,5-6,11,13H2,1-2H3. The molecule has 1 aromatic carbocycles. The van der Waals surface area contributed by atoms with Crippen LogP contribution in [0.15, 0.2) is 40.9 Å². The third kappa shape index (κ3) is 3.85. The Hall–Kier alpha value is -3.22. The van der Waals surface area contributed by atoms with Crippen molar-refractivity contribution in [1.29, 1.82) is 0 Å². The van der Waals surface area contributed by atoms with E-state index in [0.29, 0.717) is 42.3 Å². The van der Waals surface area contributed by atoms with Gasteiger partial charge in [0.2, 0.25) is 5.89 Å². The van der Waals surface area contributed by atoms with Gasteiger partial charge >= 0.3 is 5.97 Å². The van der Waals surface area contributed by atoms with E-state index in [1.807, 2.05) is 19.1 Å². The maximum Gasteiger partial charge on any atom is 0.310 e. The maximum atomic E-state index is 13.0. The van der Waals surface area contributed by atoms with Crippen molar-refractivity contribution in [1.82, 2.24) is 14.9 Å². The molecule has 0 radical (unpaired) electrons. The topological polar surface area (TPSA) is 85.5 Å². The molecule has 0 spiro atoms. The number of nitrogens with zero attached hydrogens (tertiary/aromatic N) is 3. The van der Waals surface area contributed by atoms with Crippen LogP contribution in [0, 0.1) is 12.8 Å². The number of fused-ring (bicyclic) bond motifs is 1. The van der Waals surface area contributed by atoms with Gasteiger partial charge in [-0.05, 0) is 57.0 Å². The summed E-state index contributed by atoms with van der Waals surface area (Å²) in [5.74, 6) is -0.115. The number of amides is 1. The lowest BCUT2D eigenvalue weighted by atomic mass is 9.97. The Morgan fingerprint density at radius 2 is 2.17 bits per heavy atom. The summed E-state index contributed by atoms with van der Waals surface area (Å²) < 4.78 is 11.0. The fourth-order valence-corrected chi connectivity index (χ4v) is 3.68. The molecule has 1 atom stereocenters. The van der Waals surface area contributed by atoms with Crippen LogP contribution in [0.25, 0.3) is 22.6 Å². The fourth-order valence-electron chi connectivity index (χ4n) is 3.68. The highest BCUT2D eigenvalue weighted by Crippen LogP contribution is 2.27. The van der Waals surface area contributed by atoms with Gasteiger partial charge in [-0.1, -0.05) is 0 Å². The summed E-state index contributed by atoms with van der Waals surface area (Å²) >= 11 is 0. The van der Waals surface area contributed by atoms with Crippen LogP contribution < -0.4 is 0 Å². The Morgan fingerprint density at radius 3 is 2.97 bits per heavy atom. The minimum Gasteiger partial charge on any atom is -0.466 e. The molecule has 1 fully saturated rings. The van der Waals surface area contributed by atoms with E-state index in [2.05, 4.69) is 9.97 Å². The van der Waals surface area contributed by atoms with E-state index in [0.717, 1.165) is 24.1 Å². The largest absolute Gasteiger partial charge is 0.466 e. The van der Waals surface area contributed by atoms with Crippen LogP contribution in [0.1, 0.15) is 35.8 Å². The van der Waals surface area contributed by atoms with Crippen LogP contribution in [-0.2, 0) is 9.53 Å². The lowest BCUT2D eigenvalue weighted by molar-refractivity contribution is -0.149. The van der Waals surface area contributed by atoms with Gasteiger partial charge in [0.05, 0.1) is 18.1 Å². The predicted octanol–water partition coefficient (Wildman–Crippen LogP) is 3.61. The zero-order chi connectivity index (χ0) is 20.4. The van der Waals surface area contributed by atoms with Gasteiger partial charge in [0, 0.05) is 30.5 Å². The van der Waals surface area contributed by atoms with Gasteiger partial charge in [0.15, 0.2) is 5.58 Å². The molecule has 4 rings (SSSR count). The number of ether oxygens (including phenoxy) is 1. The summed E-state index contributed by atoms with van der Waals surface area (Å²) in [5.41, 5.74) is 3.42. The Morgan fingerprint density at radius 1 is 1.31 bits per heavy atom. The van der Waals surface area contributed by atoms with Crippen molar-refractivity contribution < 1.29 is 18.7 Å². The number of hydrogen-bond acceptors (Lipinski definition) is 6. The van der Waals surface area contributed by atoms with Crippen LogP contribution >= 0.6 is 0 Å². The SMILES string of the molecule is CCOC(=O)C1CCCN(C(=O)c2ccc3oc(-c4cccnc4C)nc3c2)C1. The smallest absolute Gasteiger partial charge is 0.310 e. The summed E-state index contributed by atoms with van der Waals surface area (Å²) in [6, 6.07) is 8.98. The Labute approximate surface area is 168 Å². The summed E-state index contributed by atoms with van der Waals surface area (Å²) in [6.07, 6.45) is 3.26. The zero-order valence-corrected chi connectivity index (χ0v) is 16.6. The molecule has 150 valence electrons. The fraction of sp³-hybridized carbons (Fsp3) is 0.364. The molecule has 3 heterocycles. The number of piperidine rings is 1. The summed E-state index contributed by atoms with van der Waals surface area (Å²) in [7, 11) is 0. The quantitative estimate of drug-likeness (QED) is 0.630. The van der Waals surface area contributed by atoms with E-state index >= 15 is 0 Å². The summed E-state index contributed by atoms with van der Waals surface area (Å²) in [6.45, 7) is 5.05. The maximum absolute atomic E-state index is 13.0. The van der Waals surface area contributed by atoms with Gasteiger partial charge in [0.1, 0.15) is 5.52 Å². The molecular formula is C22H23N3O4. The monoisotopic (exact) mass is 393 g/mol. The molecule has 0 bridgehead atoms. The molecule has 1 aliphatic rings. The van der Waals surface area contributed by atoms with Crippen LogP contribution in [0.3, 0.4) is 0 Å². The average molecular weight is 393 g/mol. The molecule has 1 saturated heterocycles. The molecule has 29 heavy (non-hydrogen) atoms. The second-order valence-electron chi connectivity index (χ2n) is 7.18. The number of aromatic nitrogens is 2. The van der Waals surface area contributed by atoms with Crippen LogP contribution in [-0.4, -0.2) is 46.4 Å². The first-order valence-corrected chi connectivity index (χ1v) is 9.85. The van der Waals surface area contributed by atoms with E-state index in [1.165, 1.54) is 0 Å². The van der Waals surface area contributed by atoms with Gasteiger partial charge in [-0.15, -0.1) is 0 Å². The summed E-state index contributed by atoms with van der Waals surface area (Å²) in [4.78, 5) is 35.6. The second-order valence-corrected chi connectivity index (χ2v) is 7.18. The highest BCUT2D eigenvalue weighted by molar-refractivity contribution is 5.97. The molecule has 3 aromatic rings. The van der Waals surface area contributed by atoms with Crippen molar-refractivity contribution in [2.24, 2.45) is 5.92 Å². The van der Waals surface area contributed by atoms with Gasteiger partial charge in [-0.3, -0.25) is 14.6 Å². The van der Waals surface area contributed by atoms with E-state index < -0.39 is 0 Å². The first-order chi connectivity index (χ1) is 14.1. The third-order valence-corrected chi connectivity index (χ3v) is 5.20. The molecule has 7 heteroatoms. The van der Waals surface area contributed by atoms with Gasteiger partial charge in [0.25, 0.3) is 5.91 Å². The molecule has 2 aromatic heterocycles. The molecule has 0 N–H and O–H groups in total. The van der Waals surface area contributed by atoms with E-state index in [-0.39, 0.29) is 17.8 Å². The van der Waals surface area contributed by atoms with Crippen molar-refractivity contribution in [2.45, 2.75) is 26.7 Å². The molecule has 0 aliphatic carbocycles. The number of rotatable bonds is 4. The number of pyridine rings is 1. The first-order valence-electron chi connectivity index (χ1n) is 9.85. The second kappa shape index (κ2) is 8.03. The van der Waals surface area contributed by atoms with Crippen LogP contribution in [0.2, 0.25) is 0 Å². The number of aryl methyl sites for hydroxylation is 1. The number of benzene rings is 1. The van der Waals surface area contributed by atoms with E-state index in [1.54, 1.807) is 36.2 Å². The minimum absolute atomic E-state index is 0.108. The number of oxazole rings is 1. The zero-order valence-electron chi connectivity index (χ0n) is 16.6. The normalized spacial score (nSPS) is 16.8. The average Bonchev–Trinajstić information content (AvgIpc) is 3.17. The van der Waals surface area contributed by atoms with E-state index in [9.17, 15) is 9.59 Å². The lowest BCUT2D eigenvalue weighted by Gasteiger charge is -2.31. The van der Waals surface area contributed by atoms with Crippen molar-refractivity contribution in [2.75, 3.05) is 19.7 Å². The molecule has 0 saturated carbocycles. The van der Waals surface area contributed by atoms with Crippen molar-refractivity contribution in [3.63, 3.8) is 0 Å². The van der Waals surface area contributed by atoms with Crippen LogP contribution in [0.4, 0.5) is 0 Å². The Balaban J connectivity index is 1.57. The molecule has 1 unspecified atom stereocenters. The molecule has 1 aliphatic heterocycles. The highest BCUT2D eigenvalue weighted by atomic mass is 16.5. The van der Waals surface area contributed by atoms with Crippen LogP contribution in [0.5, 0.6) is 0 Å². The Bertz CT molecular complexity index is 1060. The molecular weight excluding hydrogens is 370 g/mol. The number of likely N-dealkylation sites (tertiary alicyclic amines) is 1. The third-order valence-electron chi connectivity index (χ3n) is 5.20. The number of esters is 1. The minimum atomic E-state index is -0.261. The predicted molar refractivity (Wildman–Crippen MR) is 107 cm³/mol. The molecule has 1 amide bonds. The van der Waals surface area contributed by atoms with E-state index in [4.69, 9.17) is 9.15 Å². The lowest BCUT2D eigenvalue weighted by Crippen LogP contribution is -2.42.